The minimum Gasteiger partial charge on any atom is -0.369 e. The van der Waals surface area contributed by atoms with Crippen LogP contribution in [0.5, 0.6) is 0 Å². The van der Waals surface area contributed by atoms with Crippen LogP contribution in [0.1, 0.15) is 19.8 Å². The van der Waals surface area contributed by atoms with E-state index >= 15 is 0 Å². The van der Waals surface area contributed by atoms with Crippen molar-refractivity contribution in [1.82, 2.24) is 4.31 Å². The van der Waals surface area contributed by atoms with E-state index in [0.717, 1.165) is 0 Å². The van der Waals surface area contributed by atoms with Crippen LogP contribution < -0.4 is 5.73 Å². The molecule has 2 rings (SSSR count). The quantitative estimate of drug-likeness (QED) is 0.920. The number of nitrogens with two attached hydrogens (primary N) is 1. The number of benzene rings is 1. The molecule has 2 unspecified atom stereocenters. The normalized spacial score (nSPS) is 24.5. The molecule has 1 fully saturated rings. The van der Waals surface area contributed by atoms with E-state index in [2.05, 4.69) is 0 Å². The number of hydrogen-bond acceptors (Lipinski definition) is 3. The molecule has 1 aliphatic heterocycles. The van der Waals surface area contributed by atoms with Crippen LogP contribution in [0.15, 0.2) is 29.2 Å². The van der Waals surface area contributed by atoms with Crippen molar-refractivity contribution >= 4 is 27.5 Å². The van der Waals surface area contributed by atoms with Crippen molar-refractivity contribution < 1.29 is 13.2 Å². The van der Waals surface area contributed by atoms with Crippen molar-refractivity contribution in [1.29, 1.82) is 0 Å². The molecule has 1 aromatic carbocycles. The highest BCUT2D eigenvalue weighted by Crippen LogP contribution is 2.28. The molecule has 0 aromatic heterocycles. The molecule has 0 saturated carbocycles. The molecule has 20 heavy (non-hydrogen) atoms. The third-order valence-corrected chi connectivity index (χ3v) is 5.89. The first-order chi connectivity index (χ1) is 9.32. The van der Waals surface area contributed by atoms with Gasteiger partial charge in [-0.3, -0.25) is 4.79 Å². The maximum atomic E-state index is 12.6. The zero-order chi connectivity index (χ0) is 14.9. The van der Waals surface area contributed by atoms with Crippen LogP contribution in [0.25, 0.3) is 0 Å². The maximum absolute atomic E-state index is 12.6. The third kappa shape index (κ3) is 2.97. The number of carbonyl (C=O) groups is 1. The average Bonchev–Trinajstić information content (AvgIpc) is 2.39. The summed E-state index contributed by atoms with van der Waals surface area (Å²) >= 11 is 5.77. The van der Waals surface area contributed by atoms with Crippen LogP contribution >= 0.6 is 11.6 Å². The molecule has 2 N–H and O–H groups in total. The van der Waals surface area contributed by atoms with E-state index in [1.54, 1.807) is 0 Å². The largest absolute Gasteiger partial charge is 0.369 e. The van der Waals surface area contributed by atoms with Gasteiger partial charge in [-0.1, -0.05) is 11.6 Å². The molecule has 110 valence electrons. The van der Waals surface area contributed by atoms with E-state index in [1.807, 2.05) is 6.92 Å². The molecule has 1 amide bonds. The van der Waals surface area contributed by atoms with Crippen LogP contribution in [-0.4, -0.2) is 31.2 Å². The molecule has 1 heterocycles. The molecule has 7 heteroatoms. The number of piperidine rings is 1. The van der Waals surface area contributed by atoms with Crippen molar-refractivity contribution in [2.45, 2.75) is 30.7 Å². The van der Waals surface area contributed by atoms with Gasteiger partial charge in [-0.2, -0.15) is 4.31 Å². The predicted molar refractivity (Wildman–Crippen MR) is 76.7 cm³/mol. The van der Waals surface area contributed by atoms with E-state index in [1.165, 1.54) is 28.6 Å². The van der Waals surface area contributed by atoms with Gasteiger partial charge in [-0.05, 0) is 44.0 Å². The van der Waals surface area contributed by atoms with Crippen LogP contribution in [0.2, 0.25) is 5.02 Å². The lowest BCUT2D eigenvalue weighted by Gasteiger charge is -2.35. The smallest absolute Gasteiger partial charge is 0.243 e. The number of carbonyl (C=O) groups excluding carboxylic acids is 1. The minimum atomic E-state index is -3.63. The molecule has 1 aromatic rings. The second-order valence-electron chi connectivity index (χ2n) is 5.05. The van der Waals surface area contributed by atoms with Gasteiger partial charge in [0.2, 0.25) is 15.9 Å². The average molecular weight is 317 g/mol. The Morgan fingerprint density at radius 2 is 1.90 bits per heavy atom. The Balaban J connectivity index is 2.31. The first-order valence-electron chi connectivity index (χ1n) is 6.39. The van der Waals surface area contributed by atoms with Crippen LogP contribution in [0.3, 0.4) is 0 Å². The Bertz CT molecular complexity index is 601. The third-order valence-electron chi connectivity index (χ3n) is 3.65. The van der Waals surface area contributed by atoms with E-state index < -0.39 is 21.8 Å². The van der Waals surface area contributed by atoms with Crippen molar-refractivity contribution in [3.05, 3.63) is 29.3 Å². The number of hydrogen-bond donors (Lipinski definition) is 1. The van der Waals surface area contributed by atoms with Gasteiger partial charge in [-0.25, -0.2) is 8.42 Å². The first-order valence-corrected chi connectivity index (χ1v) is 8.21. The summed E-state index contributed by atoms with van der Waals surface area (Å²) in [6, 6.07) is 5.87. The van der Waals surface area contributed by atoms with Crippen molar-refractivity contribution in [3.63, 3.8) is 0 Å². The van der Waals surface area contributed by atoms with Gasteiger partial charge >= 0.3 is 0 Å². The first kappa shape index (κ1) is 15.3. The predicted octanol–water partition coefficient (Wildman–Crippen LogP) is 1.61. The fourth-order valence-corrected chi connectivity index (χ4v) is 4.22. The molecule has 5 nitrogen and oxygen atoms in total. The summed E-state index contributed by atoms with van der Waals surface area (Å²) in [4.78, 5) is 11.5. The summed E-state index contributed by atoms with van der Waals surface area (Å²) < 4.78 is 26.6. The lowest BCUT2D eigenvalue weighted by molar-refractivity contribution is -0.123. The summed E-state index contributed by atoms with van der Waals surface area (Å²) in [6.07, 6.45) is 1.25. The highest BCUT2D eigenvalue weighted by Gasteiger charge is 2.36. The second kappa shape index (κ2) is 5.71. The van der Waals surface area contributed by atoms with Gasteiger partial charge in [0.05, 0.1) is 10.8 Å². The molecule has 0 aliphatic carbocycles. The molecule has 0 spiro atoms. The van der Waals surface area contributed by atoms with Crippen molar-refractivity contribution in [3.8, 4) is 0 Å². The van der Waals surface area contributed by atoms with Gasteiger partial charge in [0.1, 0.15) is 0 Å². The molecule has 2 atom stereocenters. The van der Waals surface area contributed by atoms with E-state index in [-0.39, 0.29) is 17.5 Å². The lowest BCUT2D eigenvalue weighted by Crippen LogP contribution is -2.48. The number of nitrogens with zero attached hydrogens (tertiary/aromatic N) is 1. The highest BCUT2D eigenvalue weighted by atomic mass is 35.5. The zero-order valence-electron chi connectivity index (χ0n) is 11.1. The Labute approximate surface area is 123 Å². The van der Waals surface area contributed by atoms with Crippen LogP contribution in [0, 0.1) is 5.92 Å². The molecule has 0 radical (unpaired) electrons. The van der Waals surface area contributed by atoms with Crippen molar-refractivity contribution in [2.24, 2.45) is 11.7 Å². The second-order valence-corrected chi connectivity index (χ2v) is 7.38. The van der Waals surface area contributed by atoms with E-state index in [0.29, 0.717) is 17.9 Å². The highest BCUT2D eigenvalue weighted by molar-refractivity contribution is 7.89. The summed E-state index contributed by atoms with van der Waals surface area (Å²) in [5, 5.41) is 0.477. The minimum absolute atomic E-state index is 0.140. The zero-order valence-corrected chi connectivity index (χ0v) is 12.7. The number of rotatable bonds is 3. The van der Waals surface area contributed by atoms with Gasteiger partial charge in [0, 0.05) is 17.6 Å². The molecular weight excluding hydrogens is 300 g/mol. The maximum Gasteiger partial charge on any atom is 0.243 e. The number of primary amides is 1. The monoisotopic (exact) mass is 316 g/mol. The Morgan fingerprint density at radius 3 is 2.45 bits per heavy atom. The lowest BCUT2D eigenvalue weighted by atomic mass is 9.95. The number of sulfonamides is 1. The van der Waals surface area contributed by atoms with Gasteiger partial charge < -0.3 is 5.73 Å². The van der Waals surface area contributed by atoms with Crippen molar-refractivity contribution in [2.75, 3.05) is 6.54 Å². The molecule has 1 saturated heterocycles. The summed E-state index contributed by atoms with van der Waals surface area (Å²) in [7, 11) is -3.63. The van der Waals surface area contributed by atoms with E-state index in [9.17, 15) is 13.2 Å². The Kier molecular flexibility index (Phi) is 4.36. The summed E-state index contributed by atoms with van der Waals surface area (Å²) in [6.45, 7) is 1.98. The molecular formula is C13H17ClN2O3S. The SMILES string of the molecule is CC1CCC(C(N)=O)CN1S(=O)(=O)c1ccc(Cl)cc1. The standard InChI is InChI=1S/C13H17ClN2O3S/c1-9-2-3-10(13(15)17)8-16(9)20(18,19)12-6-4-11(14)5-7-12/h4-7,9-10H,2-3,8H2,1H3,(H2,15,17). The van der Waals surface area contributed by atoms with E-state index in [4.69, 9.17) is 17.3 Å². The number of halogens is 1. The fourth-order valence-electron chi connectivity index (χ4n) is 2.38. The van der Waals surface area contributed by atoms with Crippen LogP contribution in [-0.2, 0) is 14.8 Å². The summed E-state index contributed by atoms with van der Waals surface area (Å²) in [5.41, 5.74) is 5.30. The van der Waals surface area contributed by atoms with Gasteiger partial charge in [-0.15, -0.1) is 0 Å². The molecule has 1 aliphatic rings. The van der Waals surface area contributed by atoms with Gasteiger partial charge in [0.25, 0.3) is 0 Å². The Hall–Kier alpha value is -1.11. The summed E-state index contributed by atoms with van der Waals surface area (Å²) in [5.74, 6) is -0.874. The fraction of sp³-hybridized carbons (Fsp3) is 0.462. The number of amides is 1. The van der Waals surface area contributed by atoms with Crippen LogP contribution in [0.4, 0.5) is 0 Å². The topological polar surface area (TPSA) is 80.5 Å². The van der Waals surface area contributed by atoms with Gasteiger partial charge in [0.15, 0.2) is 0 Å². The Morgan fingerprint density at radius 1 is 1.30 bits per heavy atom. The molecule has 0 bridgehead atoms.